The molecule has 17 heavy (non-hydrogen) atoms. The Morgan fingerprint density at radius 2 is 1.71 bits per heavy atom. The fourth-order valence-electron chi connectivity index (χ4n) is 2.31. The van der Waals surface area contributed by atoms with Gasteiger partial charge in [-0.25, -0.2) is 4.39 Å². The molecule has 0 saturated heterocycles. The maximum atomic E-state index is 13.9. The molecule has 0 radical (unpaired) electrons. The zero-order chi connectivity index (χ0) is 12.2. The summed E-state index contributed by atoms with van der Waals surface area (Å²) in [4.78, 5) is 0. The second-order valence-corrected chi connectivity index (χ2v) is 4.79. The van der Waals surface area contributed by atoms with E-state index in [0.717, 1.165) is 11.1 Å². The van der Waals surface area contributed by atoms with Gasteiger partial charge < -0.3 is 5.73 Å². The zero-order valence-corrected chi connectivity index (χ0v) is 10.2. The molecule has 0 fully saturated rings. The van der Waals surface area contributed by atoms with Crippen LogP contribution in [-0.4, -0.2) is 0 Å². The largest absolute Gasteiger partial charge is 0.320 e. The van der Waals surface area contributed by atoms with Crippen LogP contribution in [0.25, 0.3) is 11.1 Å². The highest BCUT2D eigenvalue weighted by Crippen LogP contribution is 2.48. The zero-order valence-electron chi connectivity index (χ0n) is 8.68. The van der Waals surface area contributed by atoms with Crippen molar-refractivity contribution in [2.24, 2.45) is 5.73 Å². The third-order valence-corrected chi connectivity index (χ3v) is 3.90. The Morgan fingerprint density at radius 1 is 1.00 bits per heavy atom. The highest BCUT2D eigenvalue weighted by molar-refractivity contribution is 6.44. The van der Waals surface area contributed by atoms with Crippen molar-refractivity contribution in [1.29, 1.82) is 0 Å². The van der Waals surface area contributed by atoms with Crippen molar-refractivity contribution in [3.05, 3.63) is 57.3 Å². The minimum absolute atomic E-state index is 0.319. The van der Waals surface area contributed by atoms with Gasteiger partial charge in [-0.1, -0.05) is 41.4 Å². The molecule has 1 aliphatic rings. The first-order valence-corrected chi connectivity index (χ1v) is 5.89. The Balaban J connectivity index is 2.44. The summed E-state index contributed by atoms with van der Waals surface area (Å²) in [6.45, 7) is 0. The van der Waals surface area contributed by atoms with Gasteiger partial charge in [0, 0.05) is 11.1 Å². The van der Waals surface area contributed by atoms with Gasteiger partial charge in [0.05, 0.1) is 16.1 Å². The van der Waals surface area contributed by atoms with Crippen LogP contribution in [0.15, 0.2) is 30.3 Å². The molecule has 1 nitrogen and oxygen atoms in total. The van der Waals surface area contributed by atoms with Gasteiger partial charge in [0.15, 0.2) is 0 Å². The van der Waals surface area contributed by atoms with E-state index in [9.17, 15) is 4.39 Å². The lowest BCUT2D eigenvalue weighted by Gasteiger charge is -2.07. The summed E-state index contributed by atoms with van der Waals surface area (Å²) in [5.41, 5.74) is 8.75. The van der Waals surface area contributed by atoms with E-state index in [0.29, 0.717) is 21.2 Å². The Labute approximate surface area is 108 Å². The lowest BCUT2D eigenvalue weighted by molar-refractivity contribution is 0.630. The molecule has 0 amide bonds. The quantitative estimate of drug-likeness (QED) is 0.762. The van der Waals surface area contributed by atoms with Crippen molar-refractivity contribution < 1.29 is 4.39 Å². The van der Waals surface area contributed by atoms with Gasteiger partial charge in [-0.2, -0.15) is 0 Å². The number of benzene rings is 2. The minimum atomic E-state index is -0.342. The van der Waals surface area contributed by atoms with Crippen LogP contribution in [0.1, 0.15) is 17.2 Å². The van der Waals surface area contributed by atoms with E-state index < -0.39 is 0 Å². The molecule has 0 aromatic heterocycles. The van der Waals surface area contributed by atoms with Crippen LogP contribution in [0.4, 0.5) is 4.39 Å². The van der Waals surface area contributed by atoms with Crippen LogP contribution in [0.2, 0.25) is 10.0 Å². The van der Waals surface area contributed by atoms with Crippen LogP contribution in [0.5, 0.6) is 0 Å². The maximum Gasteiger partial charge on any atom is 0.131 e. The Bertz CT molecular complexity index is 625. The fourth-order valence-corrected chi connectivity index (χ4v) is 2.73. The molecule has 2 N–H and O–H groups in total. The molecule has 86 valence electrons. The lowest BCUT2D eigenvalue weighted by Crippen LogP contribution is -2.07. The van der Waals surface area contributed by atoms with E-state index in [1.54, 1.807) is 18.2 Å². The van der Waals surface area contributed by atoms with Crippen LogP contribution >= 0.6 is 23.2 Å². The van der Waals surface area contributed by atoms with Gasteiger partial charge in [-0.15, -0.1) is 0 Å². The predicted molar refractivity (Wildman–Crippen MR) is 67.9 cm³/mol. The third kappa shape index (κ3) is 1.41. The normalized spacial score (nSPS) is 16.8. The lowest BCUT2D eigenvalue weighted by atomic mass is 10.1. The van der Waals surface area contributed by atoms with E-state index in [1.165, 1.54) is 6.07 Å². The van der Waals surface area contributed by atoms with Crippen molar-refractivity contribution >= 4 is 23.2 Å². The first-order valence-electron chi connectivity index (χ1n) is 5.13. The molecule has 3 rings (SSSR count). The summed E-state index contributed by atoms with van der Waals surface area (Å²) in [6.07, 6.45) is 0. The van der Waals surface area contributed by atoms with E-state index in [-0.39, 0.29) is 11.9 Å². The molecule has 0 spiro atoms. The monoisotopic (exact) mass is 267 g/mol. The summed E-state index contributed by atoms with van der Waals surface area (Å²) >= 11 is 12.1. The molecule has 1 aliphatic carbocycles. The first-order chi connectivity index (χ1) is 8.11. The molecule has 0 heterocycles. The van der Waals surface area contributed by atoms with Crippen molar-refractivity contribution in [2.45, 2.75) is 6.04 Å². The molecule has 1 atom stereocenters. The van der Waals surface area contributed by atoms with Gasteiger partial charge in [0.2, 0.25) is 0 Å². The molecule has 0 aliphatic heterocycles. The fraction of sp³-hybridized carbons (Fsp3) is 0.0769. The van der Waals surface area contributed by atoms with E-state index >= 15 is 0 Å². The van der Waals surface area contributed by atoms with Gasteiger partial charge >= 0.3 is 0 Å². The molecule has 0 bridgehead atoms. The summed E-state index contributed by atoms with van der Waals surface area (Å²) in [7, 11) is 0. The number of fused-ring (bicyclic) bond motifs is 3. The van der Waals surface area contributed by atoms with Gasteiger partial charge in [-0.05, 0) is 23.3 Å². The maximum absolute atomic E-state index is 13.9. The van der Waals surface area contributed by atoms with Crippen molar-refractivity contribution in [1.82, 2.24) is 0 Å². The number of rotatable bonds is 0. The number of hydrogen-bond acceptors (Lipinski definition) is 1. The molecular formula is C13H8Cl2FN. The van der Waals surface area contributed by atoms with Gasteiger partial charge in [-0.3, -0.25) is 0 Å². The smallest absolute Gasteiger partial charge is 0.131 e. The van der Waals surface area contributed by atoms with Gasteiger partial charge in [0.25, 0.3) is 0 Å². The molecule has 1 unspecified atom stereocenters. The molecule has 2 aromatic rings. The highest BCUT2D eigenvalue weighted by Gasteiger charge is 2.30. The summed E-state index contributed by atoms with van der Waals surface area (Å²) < 4.78 is 13.9. The molecule has 2 aromatic carbocycles. The second kappa shape index (κ2) is 3.70. The number of nitrogens with two attached hydrogens (primary N) is 1. The van der Waals surface area contributed by atoms with Crippen LogP contribution < -0.4 is 5.73 Å². The van der Waals surface area contributed by atoms with Crippen LogP contribution in [-0.2, 0) is 0 Å². The minimum Gasteiger partial charge on any atom is -0.320 e. The van der Waals surface area contributed by atoms with E-state index in [4.69, 9.17) is 28.9 Å². The predicted octanol–water partition coefficient (Wildman–Crippen LogP) is 4.16. The van der Waals surface area contributed by atoms with E-state index in [2.05, 4.69) is 0 Å². The third-order valence-electron chi connectivity index (χ3n) is 3.09. The van der Waals surface area contributed by atoms with Crippen LogP contribution in [0, 0.1) is 5.82 Å². The van der Waals surface area contributed by atoms with Crippen molar-refractivity contribution in [2.75, 3.05) is 0 Å². The number of hydrogen-bond donors (Lipinski definition) is 1. The van der Waals surface area contributed by atoms with Crippen molar-refractivity contribution in [3.63, 3.8) is 0 Å². The first kappa shape index (κ1) is 11.0. The van der Waals surface area contributed by atoms with Crippen LogP contribution in [0.3, 0.4) is 0 Å². The Morgan fingerprint density at radius 3 is 2.47 bits per heavy atom. The molecule has 0 saturated carbocycles. The summed E-state index contributed by atoms with van der Waals surface area (Å²) in [6, 6.07) is 8.01. The number of halogens is 3. The molecule has 4 heteroatoms. The Kier molecular flexibility index (Phi) is 2.40. The molecular weight excluding hydrogens is 260 g/mol. The average molecular weight is 268 g/mol. The topological polar surface area (TPSA) is 26.0 Å². The summed E-state index contributed by atoms with van der Waals surface area (Å²) in [5.74, 6) is -0.319. The average Bonchev–Trinajstić information content (AvgIpc) is 2.60. The van der Waals surface area contributed by atoms with Crippen molar-refractivity contribution in [3.8, 4) is 11.1 Å². The standard InChI is InChI=1S/C13H8Cl2FN/c14-8-5-4-7-11(12(8)15)10-6(13(7)17)2-1-3-9(10)16/h1-5,13H,17H2. The second-order valence-electron chi connectivity index (χ2n) is 4.01. The van der Waals surface area contributed by atoms with Gasteiger partial charge in [0.1, 0.15) is 5.82 Å². The summed E-state index contributed by atoms with van der Waals surface area (Å²) in [5, 5.41) is 0.775. The SMILES string of the molecule is NC1c2cccc(F)c2-c2c1ccc(Cl)c2Cl. The highest BCUT2D eigenvalue weighted by atomic mass is 35.5. The van der Waals surface area contributed by atoms with E-state index in [1.807, 2.05) is 6.07 Å². The Hall–Kier alpha value is -1.09.